The third-order valence-electron chi connectivity index (χ3n) is 9.51. The Balaban J connectivity index is 1.23. The fourth-order valence-corrected chi connectivity index (χ4v) is 9.03. The SMILES string of the molecule is CN1CCN(C2CCN(C3CCN(c4c(S(=O)(=O)c5ccc(O)cc5)cnc5ccc([Si](C)O)cc45)CC3)CC2)CC1. The zero-order valence-corrected chi connectivity index (χ0v) is 26.4. The topological polar surface area (TPSA) is 100 Å². The summed E-state index contributed by atoms with van der Waals surface area (Å²) >= 11 is 0. The Morgan fingerprint density at radius 2 is 1.43 bits per heavy atom. The molecule has 3 aliphatic rings. The second-order valence-electron chi connectivity index (χ2n) is 12.1. The van der Waals surface area contributed by atoms with Crippen LogP contribution in [0, 0.1) is 0 Å². The van der Waals surface area contributed by atoms with Crippen LogP contribution in [0.3, 0.4) is 0 Å². The van der Waals surface area contributed by atoms with Gasteiger partial charge in [-0.3, -0.25) is 9.88 Å². The summed E-state index contributed by atoms with van der Waals surface area (Å²) in [7, 11) is -3.42. The third-order valence-corrected chi connectivity index (χ3v) is 12.4. The number of piperazine rings is 1. The summed E-state index contributed by atoms with van der Waals surface area (Å²) < 4.78 is 27.9. The van der Waals surface area contributed by atoms with E-state index in [9.17, 15) is 18.3 Å². The molecule has 1 aromatic heterocycles. The minimum Gasteiger partial charge on any atom is -0.508 e. The van der Waals surface area contributed by atoms with Gasteiger partial charge in [0, 0.05) is 62.9 Å². The highest BCUT2D eigenvalue weighted by molar-refractivity contribution is 7.91. The van der Waals surface area contributed by atoms with E-state index in [4.69, 9.17) is 0 Å². The maximum Gasteiger partial charge on any atom is 0.239 e. The van der Waals surface area contributed by atoms with E-state index in [0.29, 0.717) is 17.8 Å². The molecule has 225 valence electrons. The minimum atomic E-state index is -3.90. The Kier molecular flexibility index (Phi) is 8.59. The summed E-state index contributed by atoms with van der Waals surface area (Å²) in [5, 5.41) is 11.3. The van der Waals surface area contributed by atoms with Gasteiger partial charge in [-0.2, -0.15) is 0 Å². The number of anilines is 1. The van der Waals surface area contributed by atoms with Gasteiger partial charge in [0.25, 0.3) is 0 Å². The number of aromatic nitrogens is 1. The van der Waals surface area contributed by atoms with Crippen LogP contribution in [0.2, 0.25) is 6.55 Å². The number of likely N-dealkylation sites (tertiary alicyclic amines) is 1. The molecular formula is C31H42N5O4SSi. The molecule has 0 amide bonds. The highest BCUT2D eigenvalue weighted by atomic mass is 32.2. The summed E-state index contributed by atoms with van der Waals surface area (Å²) in [5.41, 5.74) is 1.39. The molecule has 0 spiro atoms. The maximum absolute atomic E-state index is 14.0. The number of benzene rings is 2. The monoisotopic (exact) mass is 608 g/mol. The lowest BCUT2D eigenvalue weighted by molar-refractivity contribution is 0.0495. The van der Waals surface area contributed by atoms with Crippen molar-refractivity contribution >= 4 is 40.7 Å². The van der Waals surface area contributed by atoms with Crippen LogP contribution in [0.4, 0.5) is 5.69 Å². The normalized spacial score (nSPS) is 21.0. The van der Waals surface area contributed by atoms with E-state index < -0.39 is 18.9 Å². The predicted octanol–water partition coefficient (Wildman–Crippen LogP) is 2.27. The van der Waals surface area contributed by atoms with Gasteiger partial charge in [-0.25, -0.2) is 8.42 Å². The molecule has 2 aromatic carbocycles. The molecule has 0 bridgehead atoms. The van der Waals surface area contributed by atoms with Gasteiger partial charge in [0.05, 0.1) is 16.1 Å². The Bertz CT molecular complexity index is 1500. The first-order valence-corrected chi connectivity index (χ1v) is 18.5. The largest absolute Gasteiger partial charge is 0.508 e. The molecule has 4 heterocycles. The summed E-state index contributed by atoms with van der Waals surface area (Å²) in [6, 6.07) is 12.6. The number of hydrogen-bond acceptors (Lipinski definition) is 9. The lowest BCUT2D eigenvalue weighted by atomic mass is 9.96. The van der Waals surface area contributed by atoms with Crippen molar-refractivity contribution in [3.8, 4) is 5.75 Å². The highest BCUT2D eigenvalue weighted by Gasteiger charge is 2.34. The summed E-state index contributed by atoms with van der Waals surface area (Å²) in [5.74, 6) is 0.0191. The molecule has 0 aliphatic carbocycles. The Labute approximate surface area is 251 Å². The van der Waals surface area contributed by atoms with E-state index in [0.717, 1.165) is 68.2 Å². The van der Waals surface area contributed by atoms with Crippen LogP contribution in [-0.4, -0.2) is 119 Å². The number of likely N-dealkylation sites (N-methyl/N-ethyl adjacent to an activating group) is 1. The molecule has 0 unspecified atom stereocenters. The number of rotatable bonds is 6. The van der Waals surface area contributed by atoms with Gasteiger partial charge >= 0.3 is 0 Å². The second kappa shape index (κ2) is 12.2. The van der Waals surface area contributed by atoms with Crippen molar-refractivity contribution in [2.24, 2.45) is 0 Å². The molecule has 2 N–H and O–H groups in total. The van der Waals surface area contributed by atoms with Gasteiger partial charge in [0.2, 0.25) is 18.9 Å². The number of phenolic OH excluding ortho intramolecular Hbond substituents is 1. The maximum atomic E-state index is 14.0. The van der Waals surface area contributed by atoms with Crippen molar-refractivity contribution in [3.05, 3.63) is 48.7 Å². The van der Waals surface area contributed by atoms with Crippen LogP contribution in [0.25, 0.3) is 10.9 Å². The molecule has 11 heteroatoms. The average molecular weight is 609 g/mol. The van der Waals surface area contributed by atoms with Crippen molar-refractivity contribution in [1.29, 1.82) is 0 Å². The van der Waals surface area contributed by atoms with Crippen LogP contribution < -0.4 is 10.1 Å². The second-order valence-corrected chi connectivity index (χ2v) is 15.8. The first kappa shape index (κ1) is 29.5. The highest BCUT2D eigenvalue weighted by Crippen LogP contribution is 2.38. The molecule has 3 saturated heterocycles. The molecule has 9 nitrogen and oxygen atoms in total. The Morgan fingerprint density at radius 3 is 2.05 bits per heavy atom. The number of sulfone groups is 1. The first-order valence-electron chi connectivity index (χ1n) is 15.1. The lowest BCUT2D eigenvalue weighted by Crippen LogP contribution is -2.54. The van der Waals surface area contributed by atoms with Crippen molar-refractivity contribution in [1.82, 2.24) is 19.7 Å². The Hall–Kier alpha value is -2.54. The van der Waals surface area contributed by atoms with Crippen molar-refractivity contribution in [2.75, 3.05) is 64.3 Å². The number of fused-ring (bicyclic) bond motifs is 1. The van der Waals surface area contributed by atoms with Crippen molar-refractivity contribution in [2.45, 2.75) is 54.1 Å². The zero-order valence-electron chi connectivity index (χ0n) is 24.6. The van der Waals surface area contributed by atoms with E-state index in [-0.39, 0.29) is 15.5 Å². The molecule has 3 fully saturated rings. The standard InChI is InChI=1S/C31H42N5O4SSi/c1-33-17-19-35(20-18-33)24-9-13-34(14-10-24)23-11-15-36(16-12-23)31-28-21-27(42(2)40)7-8-29(28)32-22-30(31)41(38,39)26-5-3-25(37)4-6-26/h3-8,21-24,37,40H,9-20H2,1-2H3. The molecule has 0 saturated carbocycles. The third kappa shape index (κ3) is 5.95. The predicted molar refractivity (Wildman–Crippen MR) is 168 cm³/mol. The van der Waals surface area contributed by atoms with E-state index in [1.165, 1.54) is 56.4 Å². The number of pyridine rings is 1. The van der Waals surface area contributed by atoms with Crippen LogP contribution in [0.15, 0.2) is 58.5 Å². The first-order chi connectivity index (χ1) is 20.2. The van der Waals surface area contributed by atoms with Gasteiger partial charge < -0.3 is 24.6 Å². The molecule has 42 heavy (non-hydrogen) atoms. The fourth-order valence-electron chi connectivity index (χ4n) is 6.92. The van der Waals surface area contributed by atoms with Gasteiger partial charge in [0.15, 0.2) is 0 Å². The fraction of sp³-hybridized carbons (Fsp3) is 0.516. The molecule has 6 rings (SSSR count). The lowest BCUT2D eigenvalue weighted by Gasteiger charge is -2.46. The minimum absolute atomic E-state index is 0.0191. The van der Waals surface area contributed by atoms with Gasteiger partial charge in [-0.15, -0.1) is 0 Å². The number of nitrogens with zero attached hydrogens (tertiary/aromatic N) is 5. The summed E-state index contributed by atoms with van der Waals surface area (Å²) in [6.45, 7) is 10.2. The van der Waals surface area contributed by atoms with Gasteiger partial charge in [0.1, 0.15) is 10.6 Å². The van der Waals surface area contributed by atoms with E-state index in [1.54, 1.807) is 0 Å². The van der Waals surface area contributed by atoms with E-state index >= 15 is 0 Å². The molecule has 0 atom stereocenters. The molecule has 3 aliphatic heterocycles. The average Bonchev–Trinajstić information content (AvgIpc) is 3.01. The number of hydrogen-bond donors (Lipinski definition) is 2. The number of phenols is 1. The smallest absolute Gasteiger partial charge is 0.239 e. The van der Waals surface area contributed by atoms with Gasteiger partial charge in [-0.05, 0) is 94.0 Å². The quantitative estimate of drug-likeness (QED) is 0.409. The van der Waals surface area contributed by atoms with Crippen LogP contribution in [0.5, 0.6) is 5.75 Å². The van der Waals surface area contributed by atoms with E-state index in [2.05, 4.69) is 31.6 Å². The Morgan fingerprint density at radius 1 is 0.833 bits per heavy atom. The molecular weight excluding hydrogens is 567 g/mol. The van der Waals surface area contributed by atoms with Crippen LogP contribution in [0.1, 0.15) is 25.7 Å². The molecule has 1 radical (unpaired) electrons. The van der Waals surface area contributed by atoms with Crippen molar-refractivity contribution < 1.29 is 18.3 Å². The van der Waals surface area contributed by atoms with Crippen LogP contribution in [-0.2, 0) is 9.84 Å². The van der Waals surface area contributed by atoms with E-state index in [1.807, 2.05) is 24.7 Å². The summed E-state index contributed by atoms with van der Waals surface area (Å²) in [6.07, 6.45) is 5.87. The van der Waals surface area contributed by atoms with Crippen molar-refractivity contribution in [3.63, 3.8) is 0 Å². The van der Waals surface area contributed by atoms with Crippen LogP contribution >= 0.6 is 0 Å². The van der Waals surface area contributed by atoms with Gasteiger partial charge in [-0.1, -0.05) is 6.07 Å². The summed E-state index contributed by atoms with van der Waals surface area (Å²) in [4.78, 5) is 25.3. The zero-order chi connectivity index (χ0) is 29.4. The number of aromatic hydroxyl groups is 1. The number of piperidine rings is 2. The molecule has 3 aromatic rings.